The van der Waals surface area contributed by atoms with Gasteiger partial charge in [-0.3, -0.25) is 14.5 Å². The Labute approximate surface area is 191 Å². The summed E-state index contributed by atoms with van der Waals surface area (Å²) in [6, 6.07) is 18.1. The van der Waals surface area contributed by atoms with E-state index in [-0.39, 0.29) is 11.8 Å². The molecule has 2 aliphatic rings. The zero-order chi connectivity index (χ0) is 22.2. The molecule has 2 aromatic carbocycles. The molecule has 4 rings (SSSR count). The van der Waals surface area contributed by atoms with Crippen molar-refractivity contribution in [2.24, 2.45) is 0 Å². The molecule has 32 heavy (non-hydrogen) atoms. The fourth-order valence-corrected chi connectivity index (χ4v) is 4.54. The maximum absolute atomic E-state index is 12.6. The van der Waals surface area contributed by atoms with Crippen LogP contribution < -0.4 is 5.32 Å². The third-order valence-corrected chi connectivity index (χ3v) is 6.47. The van der Waals surface area contributed by atoms with Crippen LogP contribution in [-0.4, -0.2) is 78.9 Å². The molecule has 0 unspecified atom stereocenters. The molecule has 0 atom stereocenters. The lowest BCUT2D eigenvalue weighted by atomic mass is 10.0. The van der Waals surface area contributed by atoms with Gasteiger partial charge in [0.05, 0.1) is 6.54 Å². The summed E-state index contributed by atoms with van der Waals surface area (Å²) in [5.41, 5.74) is 2.98. The van der Waals surface area contributed by atoms with Gasteiger partial charge in [0.15, 0.2) is 0 Å². The van der Waals surface area contributed by atoms with Crippen LogP contribution in [0.3, 0.4) is 0 Å². The average Bonchev–Trinajstić information content (AvgIpc) is 2.85. The van der Waals surface area contributed by atoms with Crippen molar-refractivity contribution in [3.8, 4) is 11.1 Å². The number of hydrogen-bond acceptors (Lipinski definition) is 4. The van der Waals surface area contributed by atoms with Crippen LogP contribution in [0.2, 0.25) is 0 Å². The van der Waals surface area contributed by atoms with Gasteiger partial charge in [0.2, 0.25) is 11.8 Å². The van der Waals surface area contributed by atoms with Crippen molar-refractivity contribution in [1.82, 2.24) is 14.7 Å². The molecule has 0 aromatic heterocycles. The number of rotatable bonds is 7. The van der Waals surface area contributed by atoms with Crippen molar-refractivity contribution in [2.45, 2.75) is 25.7 Å². The molecule has 0 bridgehead atoms. The lowest BCUT2D eigenvalue weighted by Gasteiger charge is -2.36. The second kappa shape index (κ2) is 11.2. The molecule has 2 fully saturated rings. The van der Waals surface area contributed by atoms with Crippen molar-refractivity contribution < 1.29 is 9.59 Å². The number of hydrogen-bond donors (Lipinski definition) is 1. The van der Waals surface area contributed by atoms with Gasteiger partial charge < -0.3 is 15.1 Å². The zero-order valence-corrected chi connectivity index (χ0v) is 18.8. The summed E-state index contributed by atoms with van der Waals surface area (Å²) >= 11 is 0. The number of piperazine rings is 1. The normalized spacial score (nSPS) is 17.8. The van der Waals surface area contributed by atoms with Gasteiger partial charge in [0.1, 0.15) is 0 Å². The number of para-hydroxylation sites is 1. The molecule has 2 aromatic rings. The van der Waals surface area contributed by atoms with E-state index in [1.54, 1.807) is 0 Å². The van der Waals surface area contributed by atoms with Crippen LogP contribution in [0.4, 0.5) is 5.69 Å². The highest BCUT2D eigenvalue weighted by Crippen LogP contribution is 2.27. The smallest absolute Gasteiger partial charge is 0.236 e. The predicted molar refractivity (Wildman–Crippen MR) is 128 cm³/mol. The molecule has 170 valence electrons. The van der Waals surface area contributed by atoms with Crippen molar-refractivity contribution in [2.75, 3.05) is 57.7 Å². The number of benzene rings is 2. The van der Waals surface area contributed by atoms with Crippen LogP contribution in [0.15, 0.2) is 54.6 Å². The summed E-state index contributed by atoms with van der Waals surface area (Å²) in [5, 5.41) is 3.09. The van der Waals surface area contributed by atoms with Gasteiger partial charge >= 0.3 is 0 Å². The second-order valence-corrected chi connectivity index (χ2v) is 8.77. The molecule has 2 aliphatic heterocycles. The number of nitrogens with one attached hydrogen (secondary N) is 1. The molecule has 2 saturated heterocycles. The summed E-state index contributed by atoms with van der Waals surface area (Å²) in [7, 11) is 0. The number of nitrogens with zero attached hydrogens (tertiary/aromatic N) is 3. The number of likely N-dealkylation sites (tertiary alicyclic amines) is 1. The summed E-state index contributed by atoms with van der Waals surface area (Å²) in [4.78, 5) is 31.7. The minimum absolute atomic E-state index is 0.0380. The maximum atomic E-state index is 12.6. The van der Waals surface area contributed by atoms with E-state index in [1.165, 1.54) is 6.42 Å². The zero-order valence-electron chi connectivity index (χ0n) is 18.8. The Balaban J connectivity index is 1.20. The molecular weight excluding hydrogens is 400 g/mol. The molecule has 6 heteroatoms. The number of piperidine rings is 1. The first-order valence-electron chi connectivity index (χ1n) is 11.9. The molecule has 0 radical (unpaired) electrons. The van der Waals surface area contributed by atoms with Crippen molar-refractivity contribution in [3.63, 3.8) is 0 Å². The Morgan fingerprint density at radius 2 is 1.41 bits per heavy atom. The third kappa shape index (κ3) is 6.17. The highest BCUT2D eigenvalue weighted by atomic mass is 16.2. The second-order valence-electron chi connectivity index (χ2n) is 8.77. The lowest BCUT2D eigenvalue weighted by Crippen LogP contribution is -2.51. The molecule has 0 aliphatic carbocycles. The predicted octanol–water partition coefficient (Wildman–Crippen LogP) is 3.31. The van der Waals surface area contributed by atoms with Gasteiger partial charge in [-0.15, -0.1) is 0 Å². The minimum atomic E-state index is 0.0380. The van der Waals surface area contributed by atoms with Crippen LogP contribution >= 0.6 is 0 Å². The van der Waals surface area contributed by atoms with Gasteiger partial charge in [-0.05, 0) is 30.9 Å². The summed E-state index contributed by atoms with van der Waals surface area (Å²) in [6.07, 6.45) is 3.98. The molecule has 1 N–H and O–H groups in total. The molecular formula is C26H34N4O2. The van der Waals surface area contributed by atoms with Crippen molar-refractivity contribution >= 4 is 17.5 Å². The summed E-state index contributed by atoms with van der Waals surface area (Å²) in [5.74, 6) is 0.311. The largest absolute Gasteiger partial charge is 0.342 e. The van der Waals surface area contributed by atoms with Crippen LogP contribution in [-0.2, 0) is 9.59 Å². The van der Waals surface area contributed by atoms with Crippen molar-refractivity contribution in [3.05, 3.63) is 54.6 Å². The number of carbonyl (C=O) groups is 2. The SMILES string of the molecule is O=C(CCN1CCN(CC(=O)N2CCCCC2)CC1)Nc1ccccc1-c1ccccc1. The van der Waals surface area contributed by atoms with Crippen LogP contribution in [0, 0.1) is 0 Å². The topological polar surface area (TPSA) is 55.9 Å². The van der Waals surface area contributed by atoms with Crippen LogP contribution in [0.1, 0.15) is 25.7 Å². The van der Waals surface area contributed by atoms with E-state index in [4.69, 9.17) is 0 Å². The lowest BCUT2D eigenvalue weighted by molar-refractivity contribution is -0.133. The molecule has 0 saturated carbocycles. The molecule has 6 nitrogen and oxygen atoms in total. The maximum Gasteiger partial charge on any atom is 0.236 e. The molecule has 2 amide bonds. The van der Waals surface area contributed by atoms with Gasteiger partial charge in [-0.25, -0.2) is 0 Å². The Bertz CT molecular complexity index is 888. The molecule has 2 heterocycles. The minimum Gasteiger partial charge on any atom is -0.342 e. The van der Waals surface area contributed by atoms with E-state index in [0.717, 1.165) is 75.5 Å². The highest BCUT2D eigenvalue weighted by Gasteiger charge is 2.23. The fraction of sp³-hybridized carbons (Fsp3) is 0.462. The number of carbonyl (C=O) groups excluding carboxylic acids is 2. The summed E-state index contributed by atoms with van der Waals surface area (Å²) < 4.78 is 0. The van der Waals surface area contributed by atoms with Crippen LogP contribution in [0.25, 0.3) is 11.1 Å². The quantitative estimate of drug-likeness (QED) is 0.727. The van der Waals surface area contributed by atoms with Crippen molar-refractivity contribution in [1.29, 1.82) is 0 Å². The average molecular weight is 435 g/mol. The first-order valence-corrected chi connectivity index (χ1v) is 11.9. The third-order valence-electron chi connectivity index (χ3n) is 6.47. The molecule has 0 spiro atoms. The number of amides is 2. The van der Waals surface area contributed by atoms with E-state index in [9.17, 15) is 9.59 Å². The Kier molecular flexibility index (Phi) is 7.91. The summed E-state index contributed by atoms with van der Waals surface area (Å²) in [6.45, 7) is 6.69. The van der Waals surface area contributed by atoms with Gasteiger partial charge in [0.25, 0.3) is 0 Å². The Morgan fingerprint density at radius 1 is 0.750 bits per heavy atom. The number of anilines is 1. The fourth-order valence-electron chi connectivity index (χ4n) is 4.54. The Hall–Kier alpha value is -2.70. The Morgan fingerprint density at radius 3 is 2.16 bits per heavy atom. The van der Waals surface area contributed by atoms with E-state index in [0.29, 0.717) is 13.0 Å². The first-order chi connectivity index (χ1) is 15.7. The van der Waals surface area contributed by atoms with E-state index in [1.807, 2.05) is 47.4 Å². The standard InChI is InChI=1S/C26H34N4O2/c31-25(27-24-12-6-5-11-23(24)22-9-3-1-4-10-22)13-16-28-17-19-29(20-18-28)21-26(32)30-14-7-2-8-15-30/h1,3-6,9-12H,2,7-8,13-21H2,(H,27,31). The monoisotopic (exact) mass is 434 g/mol. The van der Waals surface area contributed by atoms with E-state index < -0.39 is 0 Å². The van der Waals surface area contributed by atoms with E-state index >= 15 is 0 Å². The van der Waals surface area contributed by atoms with E-state index in [2.05, 4.69) is 27.2 Å². The van der Waals surface area contributed by atoms with Gasteiger partial charge in [-0.2, -0.15) is 0 Å². The van der Waals surface area contributed by atoms with Gasteiger partial charge in [-0.1, -0.05) is 48.5 Å². The highest BCUT2D eigenvalue weighted by molar-refractivity contribution is 5.95. The van der Waals surface area contributed by atoms with Gasteiger partial charge in [0, 0.05) is 63.5 Å². The first kappa shape index (κ1) is 22.5. The van der Waals surface area contributed by atoms with Crippen LogP contribution in [0.5, 0.6) is 0 Å².